The highest BCUT2D eigenvalue weighted by molar-refractivity contribution is 9.10. The van der Waals surface area contributed by atoms with E-state index in [-0.39, 0.29) is 4.47 Å². The van der Waals surface area contributed by atoms with E-state index in [1.807, 2.05) is 18.4 Å². The van der Waals surface area contributed by atoms with Crippen LogP contribution in [-0.2, 0) is 6.18 Å². The number of thiophene rings is 1. The van der Waals surface area contributed by atoms with Crippen molar-refractivity contribution in [2.24, 2.45) is 5.84 Å². The molecule has 0 aliphatic rings. The number of hydrazine groups is 1. The smallest absolute Gasteiger partial charge is 0.271 e. The molecule has 108 valence electrons. The summed E-state index contributed by atoms with van der Waals surface area (Å²) >= 11 is 4.39. The zero-order chi connectivity index (χ0) is 14.9. The molecular weight excluding hydrogens is 353 g/mol. The van der Waals surface area contributed by atoms with Gasteiger partial charge in [0.05, 0.1) is 11.6 Å². The van der Waals surface area contributed by atoms with Gasteiger partial charge in [-0.15, -0.1) is 11.3 Å². The SMILES string of the molecule is Cc1ccsc1C(NN)c1ccc(Br)c(C(F)(F)F)c1. The third-order valence-electron chi connectivity index (χ3n) is 2.96. The van der Waals surface area contributed by atoms with Gasteiger partial charge in [-0.2, -0.15) is 13.2 Å². The molecule has 0 aliphatic carbocycles. The Kier molecular flexibility index (Phi) is 4.53. The summed E-state index contributed by atoms with van der Waals surface area (Å²) in [4.78, 5) is 0.906. The number of halogens is 4. The lowest BCUT2D eigenvalue weighted by Gasteiger charge is -2.18. The molecule has 2 rings (SSSR count). The van der Waals surface area contributed by atoms with Gasteiger partial charge >= 0.3 is 6.18 Å². The molecule has 1 heterocycles. The summed E-state index contributed by atoms with van der Waals surface area (Å²) in [6.07, 6.45) is -4.40. The third-order valence-corrected chi connectivity index (χ3v) is 4.73. The van der Waals surface area contributed by atoms with E-state index in [9.17, 15) is 13.2 Å². The second kappa shape index (κ2) is 5.85. The minimum absolute atomic E-state index is 0.0208. The number of nitrogens with two attached hydrogens (primary N) is 1. The topological polar surface area (TPSA) is 38.0 Å². The minimum Gasteiger partial charge on any atom is -0.271 e. The van der Waals surface area contributed by atoms with Crippen LogP contribution in [0.4, 0.5) is 13.2 Å². The van der Waals surface area contributed by atoms with E-state index in [0.717, 1.165) is 16.5 Å². The molecule has 1 aromatic carbocycles. The Balaban J connectivity index is 2.49. The van der Waals surface area contributed by atoms with Gasteiger partial charge in [-0.05, 0) is 41.6 Å². The van der Waals surface area contributed by atoms with Gasteiger partial charge in [-0.3, -0.25) is 5.84 Å². The first-order valence-corrected chi connectivity index (χ1v) is 7.38. The van der Waals surface area contributed by atoms with Crippen molar-refractivity contribution in [2.45, 2.75) is 19.1 Å². The molecular formula is C13H12BrF3N2S. The van der Waals surface area contributed by atoms with Crippen molar-refractivity contribution in [3.8, 4) is 0 Å². The first-order chi connectivity index (χ1) is 9.34. The van der Waals surface area contributed by atoms with Crippen LogP contribution >= 0.6 is 27.3 Å². The van der Waals surface area contributed by atoms with Gasteiger partial charge in [0.15, 0.2) is 0 Å². The first kappa shape index (κ1) is 15.5. The van der Waals surface area contributed by atoms with Crippen molar-refractivity contribution in [3.63, 3.8) is 0 Å². The monoisotopic (exact) mass is 364 g/mol. The van der Waals surface area contributed by atoms with Crippen molar-refractivity contribution >= 4 is 27.3 Å². The Morgan fingerprint density at radius 1 is 1.30 bits per heavy atom. The summed E-state index contributed by atoms with van der Waals surface area (Å²) < 4.78 is 38.8. The molecule has 0 fully saturated rings. The number of aryl methyl sites for hydroxylation is 1. The lowest BCUT2D eigenvalue weighted by Crippen LogP contribution is -2.29. The Hall–Kier alpha value is -0.890. The Bertz CT molecular complexity index is 610. The van der Waals surface area contributed by atoms with Crippen LogP contribution in [0.5, 0.6) is 0 Å². The van der Waals surface area contributed by atoms with Crippen LogP contribution in [0, 0.1) is 6.92 Å². The molecule has 0 amide bonds. The molecule has 0 bridgehead atoms. The highest BCUT2D eigenvalue weighted by atomic mass is 79.9. The summed E-state index contributed by atoms with van der Waals surface area (Å²) in [6, 6.07) is 5.60. The molecule has 2 nitrogen and oxygen atoms in total. The van der Waals surface area contributed by atoms with Crippen LogP contribution in [0.15, 0.2) is 34.1 Å². The van der Waals surface area contributed by atoms with Crippen LogP contribution in [0.2, 0.25) is 0 Å². The van der Waals surface area contributed by atoms with Crippen LogP contribution in [0.1, 0.15) is 27.6 Å². The predicted octanol–water partition coefficient (Wildman–Crippen LogP) is 4.39. The van der Waals surface area contributed by atoms with Crippen molar-refractivity contribution < 1.29 is 13.2 Å². The lowest BCUT2D eigenvalue weighted by atomic mass is 10.0. The number of alkyl halides is 3. The molecule has 0 saturated carbocycles. The number of hydrogen-bond acceptors (Lipinski definition) is 3. The quantitative estimate of drug-likeness (QED) is 0.626. The predicted molar refractivity (Wildman–Crippen MR) is 77.4 cm³/mol. The second-order valence-electron chi connectivity index (χ2n) is 4.30. The maximum absolute atomic E-state index is 12.9. The number of rotatable bonds is 3. The van der Waals surface area contributed by atoms with Crippen LogP contribution in [0.25, 0.3) is 0 Å². The molecule has 0 aliphatic heterocycles. The molecule has 3 N–H and O–H groups in total. The molecule has 20 heavy (non-hydrogen) atoms. The van der Waals surface area contributed by atoms with Gasteiger partial charge in [0.2, 0.25) is 0 Å². The Labute approximate surface area is 126 Å². The van der Waals surface area contributed by atoms with E-state index in [4.69, 9.17) is 5.84 Å². The largest absolute Gasteiger partial charge is 0.417 e. The molecule has 2 aromatic rings. The van der Waals surface area contributed by atoms with Crippen LogP contribution in [0.3, 0.4) is 0 Å². The van der Waals surface area contributed by atoms with Gasteiger partial charge in [-0.25, -0.2) is 5.43 Å². The maximum atomic E-state index is 12.9. The summed E-state index contributed by atoms with van der Waals surface area (Å²) in [7, 11) is 0. The fraction of sp³-hybridized carbons (Fsp3) is 0.231. The molecule has 0 radical (unpaired) electrons. The first-order valence-electron chi connectivity index (χ1n) is 5.71. The van der Waals surface area contributed by atoms with Gasteiger partial charge in [0.25, 0.3) is 0 Å². The average molecular weight is 365 g/mol. The summed E-state index contributed by atoms with van der Waals surface area (Å²) in [5.41, 5.74) is 3.36. The fourth-order valence-corrected chi connectivity index (χ4v) is 3.43. The van der Waals surface area contributed by atoms with E-state index in [1.165, 1.54) is 17.4 Å². The van der Waals surface area contributed by atoms with Gasteiger partial charge in [0.1, 0.15) is 0 Å². The fourth-order valence-electron chi connectivity index (χ4n) is 1.94. The van der Waals surface area contributed by atoms with Gasteiger partial charge in [0, 0.05) is 9.35 Å². The molecule has 1 aromatic heterocycles. The van der Waals surface area contributed by atoms with E-state index < -0.39 is 17.8 Å². The molecule has 0 saturated heterocycles. The van der Waals surface area contributed by atoms with Gasteiger partial charge < -0.3 is 0 Å². The van der Waals surface area contributed by atoms with Crippen molar-refractivity contribution in [2.75, 3.05) is 0 Å². The zero-order valence-corrected chi connectivity index (χ0v) is 12.9. The normalized spacial score (nSPS) is 13.5. The average Bonchev–Trinajstić information content (AvgIpc) is 2.77. The molecule has 1 unspecified atom stereocenters. The highest BCUT2D eigenvalue weighted by Gasteiger charge is 2.33. The number of nitrogens with one attached hydrogen (secondary N) is 1. The zero-order valence-electron chi connectivity index (χ0n) is 10.5. The van der Waals surface area contributed by atoms with Crippen molar-refractivity contribution in [3.05, 3.63) is 55.7 Å². The van der Waals surface area contributed by atoms with Crippen LogP contribution < -0.4 is 11.3 Å². The van der Waals surface area contributed by atoms with Crippen molar-refractivity contribution in [1.29, 1.82) is 0 Å². The van der Waals surface area contributed by atoms with E-state index in [0.29, 0.717) is 5.56 Å². The van der Waals surface area contributed by atoms with E-state index in [2.05, 4.69) is 21.4 Å². The molecule has 1 atom stereocenters. The summed E-state index contributed by atoms with van der Waals surface area (Å²) in [5, 5.41) is 1.89. The third kappa shape index (κ3) is 3.06. The van der Waals surface area contributed by atoms with E-state index in [1.54, 1.807) is 6.07 Å². The number of benzene rings is 1. The Morgan fingerprint density at radius 2 is 2.00 bits per heavy atom. The standard InChI is InChI=1S/C13H12BrF3N2S/c1-7-4-5-20-12(7)11(19-18)8-2-3-10(14)9(6-8)13(15,16)17/h2-6,11,19H,18H2,1H3. The molecule has 0 spiro atoms. The summed E-state index contributed by atoms with van der Waals surface area (Å²) in [6.45, 7) is 1.90. The lowest BCUT2D eigenvalue weighted by molar-refractivity contribution is -0.138. The molecule has 7 heteroatoms. The summed E-state index contributed by atoms with van der Waals surface area (Å²) in [5.74, 6) is 5.53. The van der Waals surface area contributed by atoms with Crippen LogP contribution in [-0.4, -0.2) is 0 Å². The minimum atomic E-state index is -4.40. The van der Waals surface area contributed by atoms with E-state index >= 15 is 0 Å². The van der Waals surface area contributed by atoms with Crippen molar-refractivity contribution in [1.82, 2.24) is 5.43 Å². The Morgan fingerprint density at radius 3 is 2.50 bits per heavy atom. The maximum Gasteiger partial charge on any atom is 0.417 e. The van der Waals surface area contributed by atoms with Gasteiger partial charge in [-0.1, -0.05) is 22.0 Å². The number of hydrogen-bond donors (Lipinski definition) is 2. The second-order valence-corrected chi connectivity index (χ2v) is 6.11. The highest BCUT2D eigenvalue weighted by Crippen LogP contribution is 2.38.